The lowest BCUT2D eigenvalue weighted by molar-refractivity contribution is 0.602. The third-order valence-corrected chi connectivity index (χ3v) is 3.08. The molecule has 0 saturated heterocycles. The minimum atomic E-state index is 0.785. The van der Waals surface area contributed by atoms with Crippen molar-refractivity contribution < 1.29 is 0 Å². The van der Waals surface area contributed by atoms with Gasteiger partial charge in [0.25, 0.3) is 0 Å². The zero-order valence-electron chi connectivity index (χ0n) is 10.9. The number of hydrogen-bond acceptors (Lipinski definition) is 3. The van der Waals surface area contributed by atoms with Gasteiger partial charge in [0.2, 0.25) is 0 Å². The zero-order valence-corrected chi connectivity index (χ0v) is 10.9. The number of nitrogens with one attached hydrogen (secondary N) is 2. The lowest BCUT2D eigenvalue weighted by atomic mass is 10.2. The molecule has 0 unspecified atom stereocenters. The van der Waals surface area contributed by atoms with E-state index in [2.05, 4.69) is 45.9 Å². The van der Waals surface area contributed by atoms with Crippen molar-refractivity contribution in [3.63, 3.8) is 0 Å². The fourth-order valence-electron chi connectivity index (χ4n) is 2.11. The molecule has 0 radical (unpaired) electrons. The standard InChI is InChI=1S/C14H17N5/c1-2-5-19-10-11(8-17-19)7-15-13-3-4-14-12(6-13)9-16-18-14/h3-4,6,8-10,15H,2,5,7H2,1H3,(H,16,18). The van der Waals surface area contributed by atoms with Crippen LogP contribution in [0.4, 0.5) is 5.69 Å². The highest BCUT2D eigenvalue weighted by Crippen LogP contribution is 2.17. The minimum absolute atomic E-state index is 0.785. The van der Waals surface area contributed by atoms with Gasteiger partial charge in [-0.1, -0.05) is 6.92 Å². The van der Waals surface area contributed by atoms with Crippen LogP contribution in [0.15, 0.2) is 36.8 Å². The molecule has 0 spiro atoms. The van der Waals surface area contributed by atoms with Crippen LogP contribution in [-0.2, 0) is 13.1 Å². The maximum Gasteiger partial charge on any atom is 0.0651 e. The summed E-state index contributed by atoms with van der Waals surface area (Å²) < 4.78 is 1.98. The molecule has 0 bridgehead atoms. The van der Waals surface area contributed by atoms with Crippen LogP contribution in [0.3, 0.4) is 0 Å². The first-order valence-electron chi connectivity index (χ1n) is 6.53. The van der Waals surface area contributed by atoms with Crippen molar-refractivity contribution in [3.8, 4) is 0 Å². The van der Waals surface area contributed by atoms with E-state index in [-0.39, 0.29) is 0 Å². The molecule has 98 valence electrons. The Balaban J connectivity index is 1.67. The normalized spacial score (nSPS) is 11.0. The third kappa shape index (κ3) is 2.59. The summed E-state index contributed by atoms with van der Waals surface area (Å²) in [5.41, 5.74) is 3.35. The average Bonchev–Trinajstić information content (AvgIpc) is 3.04. The Hall–Kier alpha value is -2.30. The molecule has 0 fully saturated rings. The molecule has 1 aromatic carbocycles. The van der Waals surface area contributed by atoms with Crippen LogP contribution >= 0.6 is 0 Å². The smallest absolute Gasteiger partial charge is 0.0651 e. The van der Waals surface area contributed by atoms with Crippen LogP contribution in [-0.4, -0.2) is 20.0 Å². The molecule has 3 aromatic rings. The van der Waals surface area contributed by atoms with Crippen LogP contribution in [0.25, 0.3) is 10.9 Å². The molecule has 0 amide bonds. The van der Waals surface area contributed by atoms with E-state index >= 15 is 0 Å². The molecule has 0 saturated carbocycles. The second-order valence-electron chi connectivity index (χ2n) is 4.64. The maximum absolute atomic E-state index is 4.32. The predicted molar refractivity (Wildman–Crippen MR) is 75.9 cm³/mol. The van der Waals surface area contributed by atoms with Gasteiger partial charge in [-0.2, -0.15) is 10.2 Å². The molecule has 5 heteroatoms. The van der Waals surface area contributed by atoms with Crippen molar-refractivity contribution in [2.24, 2.45) is 0 Å². The van der Waals surface area contributed by atoms with Crippen molar-refractivity contribution in [1.29, 1.82) is 0 Å². The summed E-state index contributed by atoms with van der Waals surface area (Å²) in [6.07, 6.45) is 6.94. The first-order chi connectivity index (χ1) is 9.35. The number of anilines is 1. The summed E-state index contributed by atoms with van der Waals surface area (Å²) in [7, 11) is 0. The van der Waals surface area contributed by atoms with E-state index in [1.54, 1.807) is 0 Å². The summed E-state index contributed by atoms with van der Waals surface area (Å²) in [4.78, 5) is 0. The fraction of sp³-hybridized carbons (Fsp3) is 0.286. The number of benzene rings is 1. The SMILES string of the molecule is CCCn1cc(CNc2ccc3[nH]ncc3c2)cn1. The Morgan fingerprint density at radius 2 is 2.26 bits per heavy atom. The van der Waals surface area contributed by atoms with Gasteiger partial charge in [-0.25, -0.2) is 0 Å². The van der Waals surface area contributed by atoms with E-state index in [1.807, 2.05) is 23.1 Å². The van der Waals surface area contributed by atoms with E-state index in [4.69, 9.17) is 0 Å². The monoisotopic (exact) mass is 255 g/mol. The summed E-state index contributed by atoms with van der Waals surface area (Å²) in [5, 5.41) is 15.8. The van der Waals surface area contributed by atoms with Crippen molar-refractivity contribution in [3.05, 3.63) is 42.4 Å². The van der Waals surface area contributed by atoms with Gasteiger partial charge in [-0.15, -0.1) is 0 Å². The first-order valence-corrected chi connectivity index (χ1v) is 6.53. The van der Waals surface area contributed by atoms with Crippen LogP contribution < -0.4 is 5.32 Å². The largest absolute Gasteiger partial charge is 0.381 e. The van der Waals surface area contributed by atoms with Crippen molar-refractivity contribution in [2.75, 3.05) is 5.32 Å². The van der Waals surface area contributed by atoms with Gasteiger partial charge in [-0.3, -0.25) is 9.78 Å². The van der Waals surface area contributed by atoms with E-state index < -0.39 is 0 Å². The Morgan fingerprint density at radius 1 is 1.32 bits per heavy atom. The fourth-order valence-corrected chi connectivity index (χ4v) is 2.11. The third-order valence-electron chi connectivity index (χ3n) is 3.08. The summed E-state index contributed by atoms with van der Waals surface area (Å²) >= 11 is 0. The molecule has 0 aliphatic rings. The van der Waals surface area contributed by atoms with Gasteiger partial charge in [-0.05, 0) is 24.6 Å². The van der Waals surface area contributed by atoms with E-state index in [1.165, 1.54) is 5.56 Å². The Labute approximate surface area is 111 Å². The highest BCUT2D eigenvalue weighted by Gasteiger charge is 2.00. The lowest BCUT2D eigenvalue weighted by Crippen LogP contribution is -1.99. The second kappa shape index (κ2) is 5.14. The van der Waals surface area contributed by atoms with E-state index in [0.717, 1.165) is 36.1 Å². The molecule has 5 nitrogen and oxygen atoms in total. The molecule has 0 aliphatic carbocycles. The van der Waals surface area contributed by atoms with E-state index in [9.17, 15) is 0 Å². The Bertz CT molecular complexity index is 667. The Kier molecular flexibility index (Phi) is 3.18. The second-order valence-corrected chi connectivity index (χ2v) is 4.64. The highest BCUT2D eigenvalue weighted by molar-refractivity contribution is 5.81. The first kappa shape index (κ1) is 11.8. The van der Waals surface area contributed by atoms with Gasteiger partial charge in [0, 0.05) is 35.9 Å². The molecule has 19 heavy (non-hydrogen) atoms. The van der Waals surface area contributed by atoms with Crippen molar-refractivity contribution in [1.82, 2.24) is 20.0 Å². The topological polar surface area (TPSA) is 58.5 Å². The molecule has 2 aromatic heterocycles. The maximum atomic E-state index is 4.32. The summed E-state index contributed by atoms with van der Waals surface area (Å²) in [6, 6.07) is 6.18. The number of aromatic amines is 1. The number of aryl methyl sites for hydroxylation is 1. The molecule has 2 N–H and O–H groups in total. The van der Waals surface area contributed by atoms with Crippen molar-refractivity contribution >= 4 is 16.6 Å². The number of nitrogens with zero attached hydrogens (tertiary/aromatic N) is 3. The average molecular weight is 255 g/mol. The van der Waals surface area contributed by atoms with Crippen LogP contribution in [0.1, 0.15) is 18.9 Å². The number of fused-ring (bicyclic) bond motifs is 1. The van der Waals surface area contributed by atoms with Crippen LogP contribution in [0, 0.1) is 0 Å². The minimum Gasteiger partial charge on any atom is -0.381 e. The summed E-state index contributed by atoms with van der Waals surface area (Å²) in [6.45, 7) is 3.91. The van der Waals surface area contributed by atoms with Crippen LogP contribution in [0.5, 0.6) is 0 Å². The molecule has 3 rings (SSSR count). The quantitative estimate of drug-likeness (QED) is 0.737. The predicted octanol–water partition coefficient (Wildman–Crippen LogP) is 2.78. The number of rotatable bonds is 5. The molecule has 0 atom stereocenters. The van der Waals surface area contributed by atoms with Gasteiger partial charge in [0.15, 0.2) is 0 Å². The molecule has 2 heterocycles. The lowest BCUT2D eigenvalue weighted by Gasteiger charge is -2.04. The summed E-state index contributed by atoms with van der Waals surface area (Å²) in [5.74, 6) is 0. The number of hydrogen-bond donors (Lipinski definition) is 2. The number of H-pyrrole nitrogens is 1. The van der Waals surface area contributed by atoms with Gasteiger partial charge in [0.1, 0.15) is 0 Å². The number of aromatic nitrogens is 4. The van der Waals surface area contributed by atoms with Crippen molar-refractivity contribution in [2.45, 2.75) is 26.4 Å². The molecular weight excluding hydrogens is 238 g/mol. The van der Waals surface area contributed by atoms with E-state index in [0.29, 0.717) is 0 Å². The van der Waals surface area contributed by atoms with Gasteiger partial charge in [0.05, 0.1) is 17.9 Å². The Morgan fingerprint density at radius 3 is 3.16 bits per heavy atom. The molecular formula is C14H17N5. The van der Waals surface area contributed by atoms with Crippen LogP contribution in [0.2, 0.25) is 0 Å². The van der Waals surface area contributed by atoms with Gasteiger partial charge >= 0.3 is 0 Å². The van der Waals surface area contributed by atoms with Gasteiger partial charge < -0.3 is 5.32 Å². The zero-order chi connectivity index (χ0) is 13.1. The molecule has 0 aliphatic heterocycles. The highest BCUT2D eigenvalue weighted by atomic mass is 15.3.